The van der Waals surface area contributed by atoms with Crippen LogP contribution in [0.25, 0.3) is 0 Å². The summed E-state index contributed by atoms with van der Waals surface area (Å²) < 4.78 is 0. The van der Waals surface area contributed by atoms with Crippen molar-refractivity contribution in [2.75, 3.05) is 13.6 Å². The zero-order valence-corrected chi connectivity index (χ0v) is 10.4. The first kappa shape index (κ1) is 13.2. The molecule has 17 heavy (non-hydrogen) atoms. The molecule has 0 heterocycles. The van der Waals surface area contributed by atoms with Crippen LogP contribution in [0, 0.1) is 17.2 Å². The van der Waals surface area contributed by atoms with E-state index in [1.165, 1.54) is 0 Å². The topological polar surface area (TPSA) is 44.1 Å². The molecule has 1 atom stereocenters. The minimum Gasteiger partial charge on any atom is -0.345 e. The SMILES string of the molecule is CCCN(C)C(=O)C(C#N)Cc1ccccc1. The molecule has 0 radical (unpaired) electrons. The fourth-order valence-corrected chi connectivity index (χ4v) is 1.75. The van der Waals surface area contributed by atoms with E-state index in [1.54, 1.807) is 11.9 Å². The van der Waals surface area contributed by atoms with Crippen molar-refractivity contribution in [3.05, 3.63) is 35.9 Å². The summed E-state index contributed by atoms with van der Waals surface area (Å²) in [7, 11) is 1.75. The molecule has 90 valence electrons. The van der Waals surface area contributed by atoms with Gasteiger partial charge in [0.15, 0.2) is 0 Å². The third-order valence-corrected chi connectivity index (χ3v) is 2.67. The van der Waals surface area contributed by atoms with Crippen molar-refractivity contribution >= 4 is 5.91 Å². The van der Waals surface area contributed by atoms with Crippen LogP contribution in [0.5, 0.6) is 0 Å². The fourth-order valence-electron chi connectivity index (χ4n) is 1.75. The number of rotatable bonds is 5. The van der Waals surface area contributed by atoms with Gasteiger partial charge in [-0.25, -0.2) is 0 Å². The molecule has 1 amide bonds. The van der Waals surface area contributed by atoms with Crippen molar-refractivity contribution in [2.45, 2.75) is 19.8 Å². The first-order valence-electron chi connectivity index (χ1n) is 5.87. The van der Waals surface area contributed by atoms with E-state index in [2.05, 4.69) is 6.07 Å². The van der Waals surface area contributed by atoms with Crippen molar-refractivity contribution in [2.24, 2.45) is 5.92 Å². The molecular weight excluding hydrogens is 212 g/mol. The minimum absolute atomic E-state index is 0.0850. The van der Waals surface area contributed by atoms with Crippen molar-refractivity contribution < 1.29 is 4.79 Å². The normalized spacial score (nSPS) is 11.6. The average Bonchev–Trinajstić information content (AvgIpc) is 2.36. The molecule has 0 bridgehead atoms. The summed E-state index contributed by atoms with van der Waals surface area (Å²) >= 11 is 0. The average molecular weight is 230 g/mol. The van der Waals surface area contributed by atoms with Gasteiger partial charge in [-0.2, -0.15) is 5.26 Å². The first-order valence-corrected chi connectivity index (χ1v) is 5.87. The lowest BCUT2D eigenvalue weighted by Crippen LogP contribution is -2.33. The van der Waals surface area contributed by atoms with Gasteiger partial charge in [0.1, 0.15) is 5.92 Å². The molecule has 0 saturated carbocycles. The molecule has 1 aromatic carbocycles. The molecule has 0 N–H and O–H groups in total. The number of carbonyl (C=O) groups excluding carboxylic acids is 1. The monoisotopic (exact) mass is 230 g/mol. The second-order valence-electron chi connectivity index (χ2n) is 4.13. The number of carbonyl (C=O) groups is 1. The van der Waals surface area contributed by atoms with E-state index in [-0.39, 0.29) is 5.91 Å². The number of hydrogen-bond donors (Lipinski definition) is 0. The Morgan fingerprint density at radius 1 is 1.41 bits per heavy atom. The number of hydrogen-bond acceptors (Lipinski definition) is 2. The zero-order valence-electron chi connectivity index (χ0n) is 10.4. The maximum atomic E-state index is 12.0. The van der Waals surface area contributed by atoms with Gasteiger partial charge in [-0.3, -0.25) is 4.79 Å². The predicted molar refractivity (Wildman–Crippen MR) is 67.2 cm³/mol. The summed E-state index contributed by atoms with van der Waals surface area (Å²) in [5.41, 5.74) is 1.03. The third kappa shape index (κ3) is 3.92. The Kier molecular flexibility index (Phi) is 5.22. The van der Waals surface area contributed by atoms with Gasteiger partial charge in [0, 0.05) is 13.6 Å². The van der Waals surface area contributed by atoms with Crippen molar-refractivity contribution in [3.8, 4) is 6.07 Å². The van der Waals surface area contributed by atoms with Crippen LogP contribution in [0.4, 0.5) is 0 Å². The Morgan fingerprint density at radius 3 is 2.59 bits per heavy atom. The van der Waals surface area contributed by atoms with Crippen molar-refractivity contribution in [1.82, 2.24) is 4.90 Å². The van der Waals surface area contributed by atoms with Gasteiger partial charge in [-0.05, 0) is 18.4 Å². The van der Waals surface area contributed by atoms with Crippen LogP contribution in [-0.4, -0.2) is 24.4 Å². The summed E-state index contributed by atoms with van der Waals surface area (Å²) in [5.74, 6) is -0.660. The second-order valence-corrected chi connectivity index (χ2v) is 4.13. The van der Waals surface area contributed by atoms with E-state index in [4.69, 9.17) is 5.26 Å². The Balaban J connectivity index is 2.67. The predicted octanol–water partition coefficient (Wildman–Crippen LogP) is 2.24. The largest absolute Gasteiger partial charge is 0.345 e. The highest BCUT2D eigenvalue weighted by Gasteiger charge is 2.21. The molecule has 0 saturated heterocycles. The summed E-state index contributed by atoms with van der Waals surface area (Å²) in [6.07, 6.45) is 1.40. The van der Waals surface area contributed by atoms with Crippen LogP contribution < -0.4 is 0 Å². The highest BCUT2D eigenvalue weighted by molar-refractivity contribution is 5.81. The van der Waals surface area contributed by atoms with Crippen LogP contribution in [0.2, 0.25) is 0 Å². The van der Waals surface area contributed by atoms with Crippen molar-refractivity contribution in [3.63, 3.8) is 0 Å². The standard InChI is InChI=1S/C14H18N2O/c1-3-9-16(2)14(17)13(11-15)10-12-7-5-4-6-8-12/h4-8,13H,3,9-10H2,1-2H3. The van der Waals surface area contributed by atoms with Gasteiger partial charge in [0.2, 0.25) is 5.91 Å². The second kappa shape index (κ2) is 6.70. The van der Waals surface area contributed by atoms with Crippen molar-refractivity contribution in [1.29, 1.82) is 5.26 Å². The lowest BCUT2D eigenvalue weighted by molar-refractivity contribution is -0.132. The van der Waals surface area contributed by atoms with Gasteiger partial charge in [-0.15, -0.1) is 0 Å². The molecule has 3 heteroatoms. The molecule has 1 unspecified atom stereocenters. The number of amides is 1. The molecule has 0 fully saturated rings. The van der Waals surface area contributed by atoms with Gasteiger partial charge in [0.25, 0.3) is 0 Å². The summed E-state index contributed by atoms with van der Waals surface area (Å²) in [6, 6.07) is 11.7. The van der Waals surface area contributed by atoms with Gasteiger partial charge < -0.3 is 4.90 Å². The maximum absolute atomic E-state index is 12.0. The summed E-state index contributed by atoms with van der Waals surface area (Å²) in [5, 5.41) is 9.08. The van der Waals surface area contributed by atoms with Crippen LogP contribution >= 0.6 is 0 Å². The highest BCUT2D eigenvalue weighted by Crippen LogP contribution is 2.10. The molecule has 0 spiro atoms. The summed E-state index contributed by atoms with van der Waals surface area (Å²) in [4.78, 5) is 13.6. The molecule has 1 rings (SSSR count). The van der Waals surface area contributed by atoms with E-state index in [0.717, 1.165) is 12.0 Å². The summed E-state index contributed by atoms with van der Waals surface area (Å²) in [6.45, 7) is 2.72. The van der Waals surface area contributed by atoms with Crippen LogP contribution in [0.15, 0.2) is 30.3 Å². The number of benzene rings is 1. The molecular formula is C14H18N2O. The number of nitrogens with zero attached hydrogens (tertiary/aromatic N) is 2. The number of nitriles is 1. The lowest BCUT2D eigenvalue weighted by atomic mass is 9.99. The van der Waals surface area contributed by atoms with E-state index < -0.39 is 5.92 Å². The van der Waals surface area contributed by atoms with Crippen LogP contribution in [0.1, 0.15) is 18.9 Å². The van der Waals surface area contributed by atoms with Crippen LogP contribution in [-0.2, 0) is 11.2 Å². The van der Waals surface area contributed by atoms with Gasteiger partial charge >= 0.3 is 0 Å². The Morgan fingerprint density at radius 2 is 2.06 bits per heavy atom. The van der Waals surface area contributed by atoms with Gasteiger partial charge in [0.05, 0.1) is 6.07 Å². The quantitative estimate of drug-likeness (QED) is 0.778. The van der Waals surface area contributed by atoms with E-state index >= 15 is 0 Å². The first-order chi connectivity index (χ1) is 8.19. The lowest BCUT2D eigenvalue weighted by Gasteiger charge is -2.19. The minimum atomic E-state index is -0.575. The molecule has 3 nitrogen and oxygen atoms in total. The Labute approximate surface area is 103 Å². The molecule has 0 aliphatic rings. The fraction of sp³-hybridized carbons (Fsp3) is 0.429. The van der Waals surface area contributed by atoms with E-state index in [0.29, 0.717) is 13.0 Å². The Bertz CT molecular complexity index is 394. The highest BCUT2D eigenvalue weighted by atomic mass is 16.2. The van der Waals surface area contributed by atoms with Crippen LogP contribution in [0.3, 0.4) is 0 Å². The molecule has 1 aromatic rings. The molecule has 0 aromatic heterocycles. The molecule has 0 aliphatic carbocycles. The third-order valence-electron chi connectivity index (χ3n) is 2.67. The van der Waals surface area contributed by atoms with E-state index in [1.807, 2.05) is 37.3 Å². The maximum Gasteiger partial charge on any atom is 0.240 e. The molecule has 0 aliphatic heterocycles. The zero-order chi connectivity index (χ0) is 12.7. The Hall–Kier alpha value is -1.82. The smallest absolute Gasteiger partial charge is 0.240 e. The van der Waals surface area contributed by atoms with Gasteiger partial charge in [-0.1, -0.05) is 37.3 Å². The van der Waals surface area contributed by atoms with E-state index in [9.17, 15) is 4.79 Å².